The molecule has 3 unspecified atom stereocenters. The van der Waals surface area contributed by atoms with Crippen molar-refractivity contribution in [2.75, 3.05) is 96.4 Å². The number of piperidine rings is 2. The van der Waals surface area contributed by atoms with E-state index in [9.17, 15) is 9.59 Å². The van der Waals surface area contributed by atoms with E-state index < -0.39 is 0 Å². The van der Waals surface area contributed by atoms with Gasteiger partial charge in [0, 0.05) is 86.8 Å². The Morgan fingerprint density at radius 3 is 1.83 bits per heavy atom. The molecule has 5 aliphatic heterocycles. The molecular formula is C48H57N7O4. The van der Waals surface area contributed by atoms with Crippen molar-refractivity contribution in [3.8, 4) is 0 Å². The van der Waals surface area contributed by atoms with Crippen LogP contribution in [0.3, 0.4) is 0 Å². The van der Waals surface area contributed by atoms with Crippen LogP contribution in [0.15, 0.2) is 60.7 Å². The lowest BCUT2D eigenvalue weighted by Crippen LogP contribution is -2.46. The molecule has 0 amide bonds. The van der Waals surface area contributed by atoms with Gasteiger partial charge in [0.25, 0.3) is 0 Å². The highest BCUT2D eigenvalue weighted by Crippen LogP contribution is 2.54. The number of rotatable bonds is 6. The van der Waals surface area contributed by atoms with Crippen molar-refractivity contribution >= 4 is 45.7 Å². The van der Waals surface area contributed by atoms with Crippen molar-refractivity contribution in [1.82, 2.24) is 4.90 Å². The average Bonchev–Trinajstić information content (AvgIpc) is 3.92. The summed E-state index contributed by atoms with van der Waals surface area (Å²) < 4.78 is 0. The van der Waals surface area contributed by atoms with Gasteiger partial charge in [-0.15, -0.1) is 0 Å². The molecule has 308 valence electrons. The van der Waals surface area contributed by atoms with Gasteiger partial charge in [0.2, 0.25) is 0 Å². The molecule has 11 rings (SSSR count). The first-order valence-electron chi connectivity index (χ1n) is 22.1. The first-order valence-corrected chi connectivity index (χ1v) is 22.1. The van der Waals surface area contributed by atoms with Crippen LogP contribution in [0.5, 0.6) is 0 Å². The summed E-state index contributed by atoms with van der Waals surface area (Å²) >= 11 is 0. The predicted octanol–water partition coefficient (Wildman–Crippen LogP) is 8.40. The predicted molar refractivity (Wildman–Crippen MR) is 235 cm³/mol. The number of anilines is 6. The molecule has 0 spiro atoms. The lowest BCUT2D eigenvalue weighted by molar-refractivity contribution is 0.0999. The van der Waals surface area contributed by atoms with Gasteiger partial charge in [0.05, 0.1) is 39.6 Å². The lowest BCUT2D eigenvalue weighted by atomic mass is 9.80. The summed E-state index contributed by atoms with van der Waals surface area (Å²) in [5.41, 5.74) is 19.8. The second kappa shape index (κ2) is 15.5. The average molecular weight is 796 g/mol. The molecule has 7 aliphatic rings. The van der Waals surface area contributed by atoms with Gasteiger partial charge in [-0.2, -0.15) is 0 Å². The monoisotopic (exact) mass is 795 g/mol. The van der Waals surface area contributed by atoms with Crippen LogP contribution in [0.2, 0.25) is 0 Å². The Hall–Kier alpha value is -5.10. The number of piperazine rings is 1. The van der Waals surface area contributed by atoms with Gasteiger partial charge in [-0.1, -0.05) is 69.3 Å². The lowest BCUT2D eigenvalue weighted by Gasteiger charge is -2.39. The third-order valence-corrected chi connectivity index (χ3v) is 13.8. The fraction of sp³-hybridized carbons (Fsp3) is 0.458. The molecule has 2 aliphatic carbocycles. The fourth-order valence-corrected chi connectivity index (χ4v) is 10.6. The van der Waals surface area contributed by atoms with E-state index in [4.69, 9.17) is 9.68 Å². The minimum atomic E-state index is -0.233. The summed E-state index contributed by atoms with van der Waals surface area (Å²) in [5, 5.41) is 3.43. The maximum absolute atomic E-state index is 13.8. The van der Waals surface area contributed by atoms with Crippen LogP contribution in [-0.4, -0.2) is 81.9 Å². The minimum absolute atomic E-state index is 0.0833. The zero-order valence-corrected chi connectivity index (χ0v) is 34.9. The van der Waals surface area contributed by atoms with Crippen LogP contribution in [0.25, 0.3) is 0 Å². The minimum Gasteiger partial charge on any atom is -0.385 e. The Morgan fingerprint density at radius 2 is 1.22 bits per heavy atom. The molecule has 0 aromatic heterocycles. The number of ketones is 2. The van der Waals surface area contributed by atoms with E-state index in [2.05, 4.69) is 75.7 Å². The second-order valence-electron chi connectivity index (χ2n) is 17.5. The Labute approximate surface area is 347 Å². The smallest absolute Gasteiger partial charge is 0.195 e. The standard InChI is InChI=1S/C26H32N4O2.C22H25N3O2/c1-3-28-12-14-30(15-13-28)21-16-20(29-10-8-17(2)9-11-29)22-23-24(21)27-32-26(23)19-7-5-4-6-18(19)25(22)31;1-3-23-16-11-17(25-10-6-7-13(2)12-25)20-19-18(16)21(26)14-8-4-5-9-15(14)22(19)27-24-20/h4-7,16-17,26-27H,3,8-15H2,1-2H3;4-5,8-9,11,13,22-24H,3,6-7,10,12H2,1-2H3. The van der Waals surface area contributed by atoms with E-state index in [-0.39, 0.29) is 23.8 Å². The van der Waals surface area contributed by atoms with Gasteiger partial charge in [-0.3, -0.25) is 30.2 Å². The van der Waals surface area contributed by atoms with Crippen LogP contribution in [-0.2, 0) is 9.68 Å². The summed E-state index contributed by atoms with van der Waals surface area (Å²) in [4.78, 5) is 49.2. The topological polar surface area (TPSA) is 102 Å². The molecule has 3 atom stereocenters. The molecular weight excluding hydrogens is 739 g/mol. The number of nitrogens with one attached hydrogen (secondary N) is 3. The summed E-state index contributed by atoms with van der Waals surface area (Å²) in [5.74, 6) is 1.63. The molecule has 0 saturated carbocycles. The number of carbonyl (C=O) groups excluding carboxylic acids is 2. The Bertz CT molecular complexity index is 2300. The highest BCUT2D eigenvalue weighted by Gasteiger charge is 2.44. The van der Waals surface area contributed by atoms with Crippen LogP contribution < -0.4 is 31.0 Å². The van der Waals surface area contributed by atoms with E-state index in [0.29, 0.717) is 5.92 Å². The molecule has 0 radical (unpaired) electrons. The van der Waals surface area contributed by atoms with Gasteiger partial charge in [-0.05, 0) is 74.2 Å². The maximum atomic E-state index is 13.8. The van der Waals surface area contributed by atoms with Crippen LogP contribution >= 0.6 is 0 Å². The van der Waals surface area contributed by atoms with Gasteiger partial charge >= 0.3 is 0 Å². The number of fused-ring (bicyclic) bond motifs is 4. The van der Waals surface area contributed by atoms with Crippen molar-refractivity contribution in [1.29, 1.82) is 0 Å². The first kappa shape index (κ1) is 38.1. The summed E-state index contributed by atoms with van der Waals surface area (Å²) in [6.07, 6.45) is 4.35. The maximum Gasteiger partial charge on any atom is 0.195 e. The molecule has 3 saturated heterocycles. The van der Waals surface area contributed by atoms with Gasteiger partial charge in [0.15, 0.2) is 11.6 Å². The van der Waals surface area contributed by atoms with Crippen molar-refractivity contribution < 1.29 is 19.3 Å². The normalized spacial score (nSPS) is 23.1. The van der Waals surface area contributed by atoms with Crippen molar-refractivity contribution in [2.45, 2.75) is 65.6 Å². The molecule has 11 nitrogen and oxygen atoms in total. The van der Waals surface area contributed by atoms with E-state index in [1.807, 2.05) is 48.5 Å². The van der Waals surface area contributed by atoms with E-state index >= 15 is 0 Å². The zero-order chi connectivity index (χ0) is 40.4. The number of nitrogens with zero attached hydrogens (tertiary/aromatic N) is 4. The SMILES string of the molecule is CCN1CCN(c2cc(N3CCC(C)CC3)c3c4c2NOC4c2ccccc2C3=O)CC1.CCNc1cc(N2CCCC(C)C2)c2c3c1C(=O)c1ccccc1C3ON2. The number of hydrogen-bond donors (Lipinski definition) is 3. The van der Waals surface area contributed by atoms with E-state index in [0.717, 1.165) is 144 Å². The van der Waals surface area contributed by atoms with Gasteiger partial charge < -0.3 is 24.9 Å². The van der Waals surface area contributed by atoms with Crippen molar-refractivity contribution in [3.05, 3.63) is 105 Å². The summed E-state index contributed by atoms with van der Waals surface area (Å²) in [6, 6.07) is 20.1. The molecule has 5 heterocycles. The second-order valence-corrected chi connectivity index (χ2v) is 17.5. The molecule has 0 bridgehead atoms. The quantitative estimate of drug-likeness (QED) is 0.176. The highest BCUT2D eigenvalue weighted by atomic mass is 16.7. The van der Waals surface area contributed by atoms with Crippen LogP contribution in [0.1, 0.15) is 120 Å². The number of hydrogen-bond acceptors (Lipinski definition) is 11. The number of likely N-dealkylation sites (N-methyl/N-ethyl adjacent to an activating group) is 1. The Balaban J connectivity index is 0.000000145. The van der Waals surface area contributed by atoms with E-state index in [1.165, 1.54) is 31.4 Å². The molecule has 4 aromatic rings. The Kier molecular flexibility index (Phi) is 10.0. The third-order valence-electron chi connectivity index (χ3n) is 13.8. The molecule has 4 aromatic carbocycles. The fourth-order valence-electron chi connectivity index (χ4n) is 10.6. The summed E-state index contributed by atoms with van der Waals surface area (Å²) in [6.45, 7) is 19.0. The third kappa shape index (κ3) is 6.44. The molecule has 59 heavy (non-hydrogen) atoms. The largest absolute Gasteiger partial charge is 0.385 e. The number of benzene rings is 4. The van der Waals surface area contributed by atoms with Gasteiger partial charge in [0.1, 0.15) is 12.2 Å². The van der Waals surface area contributed by atoms with Crippen LogP contribution in [0.4, 0.5) is 34.1 Å². The van der Waals surface area contributed by atoms with E-state index in [1.54, 1.807) is 0 Å². The zero-order valence-electron chi connectivity index (χ0n) is 34.9. The van der Waals surface area contributed by atoms with Gasteiger partial charge in [-0.25, -0.2) is 0 Å². The first-order chi connectivity index (χ1) is 28.8. The molecule has 3 N–H and O–H groups in total. The van der Waals surface area contributed by atoms with Crippen LogP contribution in [0, 0.1) is 11.8 Å². The number of carbonyl (C=O) groups is 2. The summed E-state index contributed by atoms with van der Waals surface area (Å²) in [7, 11) is 0. The molecule has 3 fully saturated rings. The van der Waals surface area contributed by atoms with Crippen molar-refractivity contribution in [3.63, 3.8) is 0 Å². The highest BCUT2D eigenvalue weighted by molar-refractivity contribution is 6.19. The van der Waals surface area contributed by atoms with Crippen molar-refractivity contribution in [2.24, 2.45) is 11.8 Å². The molecule has 11 heteroatoms. The Morgan fingerprint density at radius 1 is 0.644 bits per heavy atom.